The highest BCUT2D eigenvalue weighted by molar-refractivity contribution is 5.97. The van der Waals surface area contributed by atoms with Crippen LogP contribution in [0.5, 0.6) is 0 Å². The summed E-state index contributed by atoms with van der Waals surface area (Å²) in [7, 11) is 0. The lowest BCUT2D eigenvalue weighted by Crippen LogP contribution is -1.88. The standard InChI is InChI=1S/C11H12FNO/c1-2-11(13-14)8-5-9-3-6-10(12)7-4-9/h3-8,14H,2H2,1H3/b8-5+,13-11+. The predicted octanol–water partition coefficient (Wildman–Crippen LogP) is 3.08. The van der Waals surface area contributed by atoms with E-state index in [-0.39, 0.29) is 5.82 Å². The van der Waals surface area contributed by atoms with Crippen molar-refractivity contribution < 1.29 is 9.60 Å². The zero-order valence-corrected chi connectivity index (χ0v) is 7.94. The quantitative estimate of drug-likeness (QED) is 0.446. The number of allylic oxidation sites excluding steroid dienone is 1. The van der Waals surface area contributed by atoms with Crippen LogP contribution >= 0.6 is 0 Å². The van der Waals surface area contributed by atoms with Gasteiger partial charge < -0.3 is 5.21 Å². The van der Waals surface area contributed by atoms with Crippen LogP contribution < -0.4 is 0 Å². The van der Waals surface area contributed by atoms with Gasteiger partial charge in [0.1, 0.15) is 5.82 Å². The average Bonchev–Trinajstić information content (AvgIpc) is 2.22. The van der Waals surface area contributed by atoms with Crippen molar-refractivity contribution in [2.24, 2.45) is 5.16 Å². The van der Waals surface area contributed by atoms with Crippen molar-refractivity contribution in [3.05, 3.63) is 41.7 Å². The summed E-state index contributed by atoms with van der Waals surface area (Å²) in [5, 5.41) is 11.6. The van der Waals surface area contributed by atoms with Crippen LogP contribution in [0.25, 0.3) is 6.08 Å². The van der Waals surface area contributed by atoms with Crippen molar-refractivity contribution in [1.29, 1.82) is 0 Å². The van der Waals surface area contributed by atoms with Crippen LogP contribution in [0, 0.1) is 5.82 Å². The number of halogens is 1. The minimum absolute atomic E-state index is 0.256. The zero-order valence-electron chi connectivity index (χ0n) is 7.94. The van der Waals surface area contributed by atoms with Gasteiger partial charge in [0.2, 0.25) is 0 Å². The molecule has 0 fully saturated rings. The molecule has 14 heavy (non-hydrogen) atoms. The molecular formula is C11H12FNO. The lowest BCUT2D eigenvalue weighted by Gasteiger charge is -1.93. The number of rotatable bonds is 3. The lowest BCUT2D eigenvalue weighted by molar-refractivity contribution is 0.318. The molecule has 0 heterocycles. The Morgan fingerprint density at radius 3 is 2.57 bits per heavy atom. The zero-order chi connectivity index (χ0) is 10.4. The highest BCUT2D eigenvalue weighted by atomic mass is 19.1. The highest BCUT2D eigenvalue weighted by Crippen LogP contribution is 2.05. The molecule has 0 aromatic heterocycles. The van der Waals surface area contributed by atoms with Crippen molar-refractivity contribution in [2.75, 3.05) is 0 Å². The van der Waals surface area contributed by atoms with Gasteiger partial charge in [-0.2, -0.15) is 0 Å². The maximum absolute atomic E-state index is 12.5. The van der Waals surface area contributed by atoms with Gasteiger partial charge in [-0.15, -0.1) is 0 Å². The molecule has 1 rings (SSSR count). The van der Waals surface area contributed by atoms with E-state index in [1.807, 2.05) is 6.92 Å². The monoisotopic (exact) mass is 193 g/mol. The molecule has 0 aliphatic rings. The number of hydrogen-bond donors (Lipinski definition) is 1. The smallest absolute Gasteiger partial charge is 0.123 e. The second-order valence-corrected chi connectivity index (χ2v) is 2.83. The van der Waals surface area contributed by atoms with Gasteiger partial charge in [0, 0.05) is 0 Å². The molecule has 0 bridgehead atoms. The minimum atomic E-state index is -0.256. The van der Waals surface area contributed by atoms with Crippen LogP contribution in [0.2, 0.25) is 0 Å². The first-order chi connectivity index (χ1) is 6.76. The largest absolute Gasteiger partial charge is 0.411 e. The van der Waals surface area contributed by atoms with Gasteiger partial charge in [-0.3, -0.25) is 0 Å². The van der Waals surface area contributed by atoms with E-state index in [9.17, 15) is 4.39 Å². The molecule has 0 aliphatic heterocycles. The first-order valence-corrected chi connectivity index (χ1v) is 4.41. The summed E-state index contributed by atoms with van der Waals surface area (Å²) in [4.78, 5) is 0. The summed E-state index contributed by atoms with van der Waals surface area (Å²) >= 11 is 0. The molecule has 0 unspecified atom stereocenters. The Labute approximate surface area is 82.4 Å². The first kappa shape index (κ1) is 10.4. The summed E-state index contributed by atoms with van der Waals surface area (Å²) in [5.74, 6) is -0.256. The SMILES string of the molecule is CCC(/C=C/c1ccc(F)cc1)=N\O. The Hall–Kier alpha value is -1.64. The Kier molecular flexibility index (Phi) is 3.85. The van der Waals surface area contributed by atoms with Gasteiger partial charge in [-0.1, -0.05) is 30.3 Å². The summed E-state index contributed by atoms with van der Waals surface area (Å²) in [6, 6.07) is 6.11. The molecule has 0 amide bonds. The van der Waals surface area contributed by atoms with E-state index in [1.165, 1.54) is 12.1 Å². The van der Waals surface area contributed by atoms with Crippen LogP contribution in [-0.2, 0) is 0 Å². The normalized spacial score (nSPS) is 12.3. The minimum Gasteiger partial charge on any atom is -0.411 e. The summed E-state index contributed by atoms with van der Waals surface area (Å²) in [5.41, 5.74) is 1.47. The molecule has 0 atom stereocenters. The van der Waals surface area contributed by atoms with Crippen molar-refractivity contribution in [1.82, 2.24) is 0 Å². The second kappa shape index (κ2) is 5.17. The third kappa shape index (κ3) is 3.01. The first-order valence-electron chi connectivity index (χ1n) is 4.41. The molecule has 1 aromatic rings. The van der Waals surface area contributed by atoms with Gasteiger partial charge in [0.15, 0.2) is 0 Å². The maximum atomic E-state index is 12.5. The number of benzene rings is 1. The van der Waals surface area contributed by atoms with Crippen molar-refractivity contribution in [3.63, 3.8) is 0 Å². The molecule has 74 valence electrons. The highest BCUT2D eigenvalue weighted by Gasteiger charge is 1.91. The molecule has 1 aromatic carbocycles. The summed E-state index contributed by atoms with van der Waals surface area (Å²) in [6.45, 7) is 1.89. The fourth-order valence-electron chi connectivity index (χ4n) is 0.988. The summed E-state index contributed by atoms with van der Waals surface area (Å²) in [6.07, 6.45) is 4.14. The van der Waals surface area contributed by atoms with Crippen LogP contribution in [0.1, 0.15) is 18.9 Å². The van der Waals surface area contributed by atoms with Gasteiger partial charge >= 0.3 is 0 Å². The fraction of sp³-hybridized carbons (Fsp3) is 0.182. The van der Waals surface area contributed by atoms with Gasteiger partial charge in [-0.05, 0) is 30.2 Å². The van der Waals surface area contributed by atoms with E-state index in [1.54, 1.807) is 24.3 Å². The van der Waals surface area contributed by atoms with Crippen LogP contribution in [0.3, 0.4) is 0 Å². The second-order valence-electron chi connectivity index (χ2n) is 2.83. The van der Waals surface area contributed by atoms with Crippen LogP contribution in [0.4, 0.5) is 4.39 Å². The fourth-order valence-corrected chi connectivity index (χ4v) is 0.988. The third-order valence-corrected chi connectivity index (χ3v) is 1.83. The van der Waals surface area contributed by atoms with Crippen LogP contribution in [0.15, 0.2) is 35.5 Å². The molecule has 1 N–H and O–H groups in total. The van der Waals surface area contributed by atoms with E-state index in [0.29, 0.717) is 12.1 Å². The Bertz CT molecular complexity index is 341. The van der Waals surface area contributed by atoms with Crippen molar-refractivity contribution in [2.45, 2.75) is 13.3 Å². The van der Waals surface area contributed by atoms with E-state index in [0.717, 1.165) is 5.56 Å². The summed E-state index contributed by atoms with van der Waals surface area (Å²) < 4.78 is 12.5. The van der Waals surface area contributed by atoms with Gasteiger partial charge in [0.05, 0.1) is 5.71 Å². The molecule has 2 nitrogen and oxygen atoms in total. The number of nitrogens with zero attached hydrogens (tertiary/aromatic N) is 1. The third-order valence-electron chi connectivity index (χ3n) is 1.83. The van der Waals surface area contributed by atoms with E-state index in [4.69, 9.17) is 5.21 Å². The maximum Gasteiger partial charge on any atom is 0.123 e. The Balaban J connectivity index is 2.73. The molecular weight excluding hydrogens is 181 g/mol. The Morgan fingerprint density at radius 1 is 1.43 bits per heavy atom. The number of oxime groups is 1. The molecule has 0 aliphatic carbocycles. The topological polar surface area (TPSA) is 32.6 Å². The molecule has 0 saturated heterocycles. The van der Waals surface area contributed by atoms with Gasteiger partial charge in [-0.25, -0.2) is 4.39 Å². The Morgan fingerprint density at radius 2 is 2.07 bits per heavy atom. The number of hydrogen-bond acceptors (Lipinski definition) is 2. The van der Waals surface area contributed by atoms with Crippen molar-refractivity contribution >= 4 is 11.8 Å². The van der Waals surface area contributed by atoms with Crippen LogP contribution in [-0.4, -0.2) is 10.9 Å². The molecule has 3 heteroatoms. The van der Waals surface area contributed by atoms with Gasteiger partial charge in [0.25, 0.3) is 0 Å². The van der Waals surface area contributed by atoms with E-state index < -0.39 is 0 Å². The van der Waals surface area contributed by atoms with E-state index in [2.05, 4.69) is 5.16 Å². The lowest BCUT2D eigenvalue weighted by atomic mass is 10.2. The van der Waals surface area contributed by atoms with Crippen molar-refractivity contribution in [3.8, 4) is 0 Å². The molecule has 0 radical (unpaired) electrons. The molecule has 0 saturated carbocycles. The average molecular weight is 193 g/mol. The van der Waals surface area contributed by atoms with E-state index >= 15 is 0 Å². The predicted molar refractivity (Wildman–Crippen MR) is 54.9 cm³/mol. The molecule has 0 spiro atoms.